The molecule has 0 spiro atoms. The third-order valence-electron chi connectivity index (χ3n) is 2.69. The topological polar surface area (TPSA) is 64.7 Å². The van der Waals surface area contributed by atoms with Gasteiger partial charge in [-0.25, -0.2) is 9.97 Å². The largest absolute Gasteiger partial charge is 0.368 e. The van der Waals surface area contributed by atoms with Gasteiger partial charge in [-0.1, -0.05) is 6.07 Å². The fraction of sp³-hybridized carbons (Fsp3) is 0.250. The van der Waals surface area contributed by atoms with Crippen molar-refractivity contribution in [3.8, 4) is 11.4 Å². The van der Waals surface area contributed by atoms with E-state index in [1.807, 2.05) is 24.3 Å². The molecule has 80 valence electrons. The summed E-state index contributed by atoms with van der Waals surface area (Å²) < 4.78 is 0. The molecule has 2 heterocycles. The Kier molecular flexibility index (Phi) is 2.06. The quantitative estimate of drug-likeness (QED) is 0.826. The van der Waals surface area contributed by atoms with Gasteiger partial charge < -0.3 is 5.73 Å². The van der Waals surface area contributed by atoms with Crippen molar-refractivity contribution in [2.45, 2.75) is 18.8 Å². The summed E-state index contributed by atoms with van der Waals surface area (Å²) in [5.41, 5.74) is 8.42. The molecule has 0 unspecified atom stereocenters. The second-order valence-electron chi connectivity index (χ2n) is 4.03. The monoisotopic (exact) mass is 212 g/mol. The van der Waals surface area contributed by atoms with Gasteiger partial charge in [0, 0.05) is 17.8 Å². The molecule has 4 heteroatoms. The Bertz CT molecular complexity index is 506. The molecule has 16 heavy (non-hydrogen) atoms. The van der Waals surface area contributed by atoms with Crippen molar-refractivity contribution in [3.63, 3.8) is 0 Å². The van der Waals surface area contributed by atoms with Crippen LogP contribution in [0.4, 0.5) is 5.95 Å². The standard InChI is InChI=1S/C12H12N4/c13-12-15-10(8-4-5-8)7-11(16-12)9-3-1-2-6-14-9/h1-3,6-8H,4-5H2,(H2,13,15,16). The zero-order chi connectivity index (χ0) is 11.0. The number of nitrogen functional groups attached to an aromatic ring is 1. The maximum absolute atomic E-state index is 5.71. The summed E-state index contributed by atoms with van der Waals surface area (Å²) in [7, 11) is 0. The van der Waals surface area contributed by atoms with Gasteiger partial charge in [-0.2, -0.15) is 0 Å². The van der Waals surface area contributed by atoms with Gasteiger partial charge in [0.05, 0.1) is 11.4 Å². The van der Waals surface area contributed by atoms with Crippen LogP contribution in [0.25, 0.3) is 11.4 Å². The molecule has 1 aliphatic rings. The lowest BCUT2D eigenvalue weighted by atomic mass is 10.2. The number of rotatable bonds is 2. The summed E-state index contributed by atoms with van der Waals surface area (Å²) in [6.07, 6.45) is 4.17. The molecule has 1 fully saturated rings. The Balaban J connectivity index is 2.06. The minimum Gasteiger partial charge on any atom is -0.368 e. The maximum Gasteiger partial charge on any atom is 0.220 e. The lowest BCUT2D eigenvalue weighted by Crippen LogP contribution is -2.00. The van der Waals surface area contributed by atoms with Gasteiger partial charge >= 0.3 is 0 Å². The number of anilines is 1. The first-order valence-electron chi connectivity index (χ1n) is 5.39. The van der Waals surface area contributed by atoms with Gasteiger partial charge in [0.15, 0.2) is 0 Å². The van der Waals surface area contributed by atoms with E-state index < -0.39 is 0 Å². The number of pyridine rings is 1. The predicted octanol–water partition coefficient (Wildman–Crippen LogP) is 2.00. The van der Waals surface area contributed by atoms with E-state index in [1.54, 1.807) is 6.20 Å². The molecule has 1 saturated carbocycles. The minimum absolute atomic E-state index is 0.338. The van der Waals surface area contributed by atoms with Gasteiger partial charge in [0.2, 0.25) is 5.95 Å². The number of aromatic nitrogens is 3. The SMILES string of the molecule is Nc1nc(-c2ccccn2)cc(C2CC2)n1. The van der Waals surface area contributed by atoms with E-state index in [0.29, 0.717) is 11.9 Å². The van der Waals surface area contributed by atoms with Crippen LogP contribution in [0.5, 0.6) is 0 Å². The Morgan fingerprint density at radius 3 is 2.69 bits per heavy atom. The molecule has 0 saturated heterocycles. The van der Waals surface area contributed by atoms with Crippen LogP contribution in [-0.2, 0) is 0 Å². The zero-order valence-corrected chi connectivity index (χ0v) is 8.80. The van der Waals surface area contributed by atoms with Crippen molar-refractivity contribution in [2.75, 3.05) is 5.73 Å². The smallest absolute Gasteiger partial charge is 0.220 e. The highest BCUT2D eigenvalue weighted by Gasteiger charge is 2.26. The molecule has 3 rings (SSSR count). The molecule has 1 aliphatic carbocycles. The van der Waals surface area contributed by atoms with Crippen molar-refractivity contribution in [1.29, 1.82) is 0 Å². The van der Waals surface area contributed by atoms with Gasteiger partial charge in [0.25, 0.3) is 0 Å². The summed E-state index contributed by atoms with van der Waals surface area (Å²) in [6.45, 7) is 0. The van der Waals surface area contributed by atoms with E-state index in [4.69, 9.17) is 5.73 Å². The number of nitrogens with zero attached hydrogens (tertiary/aromatic N) is 3. The number of hydrogen-bond donors (Lipinski definition) is 1. The highest BCUT2D eigenvalue weighted by atomic mass is 15.0. The normalized spacial score (nSPS) is 15.0. The first kappa shape index (κ1) is 9.27. The van der Waals surface area contributed by atoms with Gasteiger partial charge in [-0.15, -0.1) is 0 Å². The molecular formula is C12H12N4. The van der Waals surface area contributed by atoms with Crippen LogP contribution >= 0.6 is 0 Å². The van der Waals surface area contributed by atoms with E-state index in [1.165, 1.54) is 12.8 Å². The number of hydrogen-bond acceptors (Lipinski definition) is 4. The zero-order valence-electron chi connectivity index (χ0n) is 8.80. The van der Waals surface area contributed by atoms with Crippen molar-refractivity contribution in [1.82, 2.24) is 15.0 Å². The van der Waals surface area contributed by atoms with E-state index in [-0.39, 0.29) is 0 Å². The maximum atomic E-state index is 5.71. The molecule has 2 aromatic heterocycles. The first-order valence-corrected chi connectivity index (χ1v) is 5.39. The molecule has 0 bridgehead atoms. The Labute approximate surface area is 93.6 Å². The van der Waals surface area contributed by atoms with Gasteiger partial charge in [0.1, 0.15) is 0 Å². The van der Waals surface area contributed by atoms with Crippen molar-refractivity contribution in [2.24, 2.45) is 0 Å². The highest BCUT2D eigenvalue weighted by Crippen LogP contribution is 2.39. The molecule has 0 amide bonds. The lowest BCUT2D eigenvalue weighted by molar-refractivity contribution is 0.997. The van der Waals surface area contributed by atoms with Crippen LogP contribution in [0.15, 0.2) is 30.5 Å². The Hall–Kier alpha value is -1.97. The molecule has 2 aromatic rings. The minimum atomic E-state index is 0.338. The van der Waals surface area contributed by atoms with E-state index in [9.17, 15) is 0 Å². The average Bonchev–Trinajstić information content (AvgIpc) is 3.13. The Morgan fingerprint density at radius 2 is 2.00 bits per heavy atom. The van der Waals surface area contributed by atoms with Gasteiger partial charge in [-0.3, -0.25) is 4.98 Å². The highest BCUT2D eigenvalue weighted by molar-refractivity contribution is 5.56. The molecule has 0 aromatic carbocycles. The average molecular weight is 212 g/mol. The molecule has 0 atom stereocenters. The molecule has 0 aliphatic heterocycles. The lowest BCUT2D eigenvalue weighted by Gasteiger charge is -2.04. The van der Waals surface area contributed by atoms with Crippen LogP contribution in [-0.4, -0.2) is 15.0 Å². The molecular weight excluding hydrogens is 200 g/mol. The van der Waals surface area contributed by atoms with Crippen LogP contribution in [0.1, 0.15) is 24.5 Å². The third kappa shape index (κ3) is 1.74. The van der Waals surface area contributed by atoms with E-state index in [2.05, 4.69) is 15.0 Å². The summed E-state index contributed by atoms with van der Waals surface area (Å²) in [6, 6.07) is 7.75. The predicted molar refractivity (Wildman–Crippen MR) is 61.7 cm³/mol. The summed E-state index contributed by atoms with van der Waals surface area (Å²) >= 11 is 0. The van der Waals surface area contributed by atoms with Crippen molar-refractivity contribution >= 4 is 5.95 Å². The Morgan fingerprint density at radius 1 is 1.12 bits per heavy atom. The number of nitrogens with two attached hydrogens (primary N) is 1. The second-order valence-corrected chi connectivity index (χ2v) is 4.03. The van der Waals surface area contributed by atoms with Gasteiger partial charge in [-0.05, 0) is 31.0 Å². The van der Waals surface area contributed by atoms with Crippen LogP contribution < -0.4 is 5.73 Å². The third-order valence-corrected chi connectivity index (χ3v) is 2.69. The first-order chi connectivity index (χ1) is 7.83. The summed E-state index contributed by atoms with van der Waals surface area (Å²) in [5, 5.41) is 0. The van der Waals surface area contributed by atoms with Crippen LogP contribution in [0.2, 0.25) is 0 Å². The second kappa shape index (κ2) is 3.56. The van der Waals surface area contributed by atoms with Crippen molar-refractivity contribution in [3.05, 3.63) is 36.2 Å². The van der Waals surface area contributed by atoms with E-state index in [0.717, 1.165) is 17.1 Å². The summed E-state index contributed by atoms with van der Waals surface area (Å²) in [4.78, 5) is 12.7. The van der Waals surface area contributed by atoms with Crippen LogP contribution in [0, 0.1) is 0 Å². The van der Waals surface area contributed by atoms with Crippen LogP contribution in [0.3, 0.4) is 0 Å². The summed E-state index contributed by atoms with van der Waals surface area (Å²) in [5.74, 6) is 0.915. The molecule has 0 radical (unpaired) electrons. The van der Waals surface area contributed by atoms with E-state index >= 15 is 0 Å². The van der Waals surface area contributed by atoms with Crippen molar-refractivity contribution < 1.29 is 0 Å². The molecule has 4 nitrogen and oxygen atoms in total. The fourth-order valence-electron chi connectivity index (χ4n) is 1.72. The molecule has 2 N–H and O–H groups in total. The fourth-order valence-corrected chi connectivity index (χ4v) is 1.72.